The predicted octanol–water partition coefficient (Wildman–Crippen LogP) is 7.16. The van der Waals surface area contributed by atoms with E-state index in [1.165, 1.54) is 63.0 Å². The summed E-state index contributed by atoms with van der Waals surface area (Å²) in [5.41, 5.74) is 0.876. The molecule has 0 bridgehead atoms. The lowest BCUT2D eigenvalue weighted by Crippen LogP contribution is -2.30. The highest BCUT2D eigenvalue weighted by molar-refractivity contribution is 5.91. The van der Waals surface area contributed by atoms with Gasteiger partial charge in [-0.25, -0.2) is 13.6 Å². The summed E-state index contributed by atoms with van der Waals surface area (Å²) in [6, 6.07) is 10.5. The minimum Gasteiger partial charge on any atom is -0.423 e. The van der Waals surface area contributed by atoms with Gasteiger partial charge in [0.25, 0.3) is 0 Å². The van der Waals surface area contributed by atoms with Crippen molar-refractivity contribution in [3.63, 3.8) is 0 Å². The Morgan fingerprint density at radius 2 is 1.69 bits per heavy atom. The molecule has 2 aromatic rings. The lowest BCUT2D eigenvalue weighted by atomic mass is 9.63. The zero-order valence-electron chi connectivity index (χ0n) is 18.4. The van der Waals surface area contributed by atoms with Crippen molar-refractivity contribution in [2.75, 3.05) is 0 Å². The van der Waals surface area contributed by atoms with E-state index in [4.69, 9.17) is 10.00 Å². The topological polar surface area (TPSA) is 50.1 Å². The van der Waals surface area contributed by atoms with Gasteiger partial charge in [0.1, 0.15) is 29.0 Å². The number of ether oxygens (including phenoxy) is 1. The molecule has 0 N–H and O–H groups in total. The van der Waals surface area contributed by atoms with E-state index in [0.29, 0.717) is 11.5 Å². The number of nitriles is 1. The van der Waals surface area contributed by atoms with Crippen molar-refractivity contribution >= 4 is 5.97 Å². The first-order chi connectivity index (χ1) is 15.5. The lowest BCUT2D eigenvalue weighted by Gasteiger charge is -2.42. The molecule has 4 atom stereocenters. The molecule has 1 unspecified atom stereocenters. The standard InChI is InChI=1S/C27H29F2NO2/c1-2-3-17-4-5-22-13-21(11-10-20(22)12-17)18-6-8-19(9-7-18)27(31)32-23-14-25(28)24(16-30)26(29)15-23/h6-9,14-15,17,20-22H,2-5,10-13H2,1H3/t17-,20-,21?,22+/m0/s1. The highest BCUT2D eigenvalue weighted by atomic mass is 19.1. The Kier molecular flexibility index (Phi) is 6.89. The zero-order valence-corrected chi connectivity index (χ0v) is 18.4. The molecule has 5 heteroatoms. The number of rotatable bonds is 5. The van der Waals surface area contributed by atoms with Crippen molar-refractivity contribution in [3.05, 3.63) is 64.7 Å². The summed E-state index contributed by atoms with van der Waals surface area (Å²) < 4.78 is 32.6. The summed E-state index contributed by atoms with van der Waals surface area (Å²) in [4.78, 5) is 12.4. The van der Waals surface area contributed by atoms with Gasteiger partial charge in [-0.2, -0.15) is 5.26 Å². The van der Waals surface area contributed by atoms with Crippen LogP contribution in [0.25, 0.3) is 0 Å². The molecule has 2 saturated carbocycles. The van der Waals surface area contributed by atoms with Crippen molar-refractivity contribution in [3.8, 4) is 11.8 Å². The fourth-order valence-corrected chi connectivity index (χ4v) is 5.73. The summed E-state index contributed by atoms with van der Waals surface area (Å²) in [6.07, 6.45) is 10.4. The number of nitrogens with zero attached hydrogens (tertiary/aromatic N) is 1. The van der Waals surface area contributed by atoms with Crippen LogP contribution in [0.4, 0.5) is 8.78 Å². The Morgan fingerprint density at radius 3 is 2.34 bits per heavy atom. The molecule has 2 aliphatic rings. The molecule has 0 radical (unpaired) electrons. The van der Waals surface area contributed by atoms with Crippen LogP contribution in [0, 0.1) is 40.7 Å². The van der Waals surface area contributed by atoms with Crippen LogP contribution in [0.15, 0.2) is 36.4 Å². The average Bonchev–Trinajstić information content (AvgIpc) is 2.79. The fraction of sp³-hybridized carbons (Fsp3) is 0.481. The maximum Gasteiger partial charge on any atom is 0.343 e. The van der Waals surface area contributed by atoms with Gasteiger partial charge in [0, 0.05) is 12.1 Å². The van der Waals surface area contributed by atoms with E-state index in [1.54, 1.807) is 12.1 Å². The second kappa shape index (κ2) is 9.81. The van der Waals surface area contributed by atoms with Gasteiger partial charge >= 0.3 is 5.97 Å². The number of hydrogen-bond acceptors (Lipinski definition) is 3. The van der Waals surface area contributed by atoms with Gasteiger partial charge in [-0.1, -0.05) is 38.3 Å². The van der Waals surface area contributed by atoms with Crippen LogP contribution in [0.1, 0.15) is 85.7 Å². The van der Waals surface area contributed by atoms with Crippen LogP contribution in [0.2, 0.25) is 0 Å². The Hall–Kier alpha value is -2.74. The molecule has 0 heterocycles. The van der Waals surface area contributed by atoms with E-state index in [9.17, 15) is 13.6 Å². The third-order valence-electron chi connectivity index (χ3n) is 7.37. The van der Waals surface area contributed by atoms with Gasteiger partial charge in [-0.05, 0) is 73.5 Å². The molecule has 0 aliphatic heterocycles. The molecule has 2 aliphatic carbocycles. The first kappa shape index (κ1) is 22.5. The Labute approximate surface area is 188 Å². The summed E-state index contributed by atoms with van der Waals surface area (Å²) in [5, 5.41) is 8.74. The summed E-state index contributed by atoms with van der Waals surface area (Å²) in [7, 11) is 0. The normalized spacial score (nSPS) is 24.9. The van der Waals surface area contributed by atoms with Crippen molar-refractivity contribution in [1.82, 2.24) is 0 Å². The minimum atomic E-state index is -1.05. The van der Waals surface area contributed by atoms with Crippen LogP contribution in [0.3, 0.4) is 0 Å². The predicted molar refractivity (Wildman–Crippen MR) is 118 cm³/mol. The molecule has 168 valence electrons. The summed E-state index contributed by atoms with van der Waals surface area (Å²) in [6.45, 7) is 2.28. The van der Waals surface area contributed by atoms with Crippen LogP contribution in [-0.4, -0.2) is 5.97 Å². The Morgan fingerprint density at radius 1 is 1.03 bits per heavy atom. The van der Waals surface area contributed by atoms with E-state index < -0.39 is 23.2 Å². The molecule has 4 rings (SSSR count). The largest absolute Gasteiger partial charge is 0.423 e. The van der Waals surface area contributed by atoms with Gasteiger partial charge in [0.2, 0.25) is 0 Å². The molecule has 2 aromatic carbocycles. The van der Waals surface area contributed by atoms with Crippen LogP contribution < -0.4 is 4.74 Å². The molecule has 2 fully saturated rings. The summed E-state index contributed by atoms with van der Waals surface area (Å²) >= 11 is 0. The van der Waals surface area contributed by atoms with Crippen molar-refractivity contribution < 1.29 is 18.3 Å². The van der Waals surface area contributed by atoms with Crippen molar-refractivity contribution in [2.45, 2.75) is 64.2 Å². The lowest BCUT2D eigenvalue weighted by molar-refractivity contribution is 0.0734. The smallest absolute Gasteiger partial charge is 0.343 e. The molecule has 0 amide bonds. The number of halogens is 2. The first-order valence-electron chi connectivity index (χ1n) is 11.7. The number of carbonyl (C=O) groups excluding carboxylic acids is 1. The van der Waals surface area contributed by atoms with Crippen molar-refractivity contribution in [2.24, 2.45) is 17.8 Å². The third-order valence-corrected chi connectivity index (χ3v) is 7.37. The quantitative estimate of drug-likeness (QED) is 0.368. The van der Waals surface area contributed by atoms with E-state index in [0.717, 1.165) is 29.9 Å². The van der Waals surface area contributed by atoms with E-state index >= 15 is 0 Å². The van der Waals surface area contributed by atoms with E-state index in [1.807, 2.05) is 12.1 Å². The van der Waals surface area contributed by atoms with Crippen LogP contribution in [-0.2, 0) is 0 Å². The van der Waals surface area contributed by atoms with Gasteiger partial charge in [0.05, 0.1) is 5.56 Å². The number of carbonyl (C=O) groups is 1. The SMILES string of the molecule is CCC[C@H]1CC[C@@H]2CC(c3ccc(C(=O)Oc4cc(F)c(C#N)c(F)c4)cc3)CC[C@H]2C1. The van der Waals surface area contributed by atoms with Crippen LogP contribution >= 0.6 is 0 Å². The van der Waals surface area contributed by atoms with Gasteiger partial charge < -0.3 is 4.74 Å². The van der Waals surface area contributed by atoms with E-state index in [-0.39, 0.29) is 5.75 Å². The maximum absolute atomic E-state index is 13.7. The first-order valence-corrected chi connectivity index (χ1v) is 11.7. The number of benzene rings is 2. The second-order valence-corrected chi connectivity index (χ2v) is 9.38. The fourth-order valence-electron chi connectivity index (χ4n) is 5.73. The number of esters is 1. The summed E-state index contributed by atoms with van der Waals surface area (Å²) in [5.74, 6) is 0.0802. The Bertz CT molecular complexity index is 988. The van der Waals surface area contributed by atoms with Crippen molar-refractivity contribution in [1.29, 1.82) is 5.26 Å². The van der Waals surface area contributed by atoms with Gasteiger partial charge in [-0.3, -0.25) is 0 Å². The molecule has 0 spiro atoms. The maximum atomic E-state index is 13.7. The zero-order chi connectivity index (χ0) is 22.7. The Balaban J connectivity index is 1.37. The molecule has 3 nitrogen and oxygen atoms in total. The molecular formula is C27H29F2NO2. The van der Waals surface area contributed by atoms with E-state index in [2.05, 4.69) is 6.92 Å². The molecular weight excluding hydrogens is 408 g/mol. The highest BCUT2D eigenvalue weighted by Crippen LogP contribution is 2.48. The number of fused-ring (bicyclic) bond motifs is 1. The number of hydrogen-bond donors (Lipinski definition) is 0. The second-order valence-electron chi connectivity index (χ2n) is 9.38. The van der Waals surface area contributed by atoms with Gasteiger partial charge in [-0.15, -0.1) is 0 Å². The monoisotopic (exact) mass is 437 g/mol. The minimum absolute atomic E-state index is 0.259. The van der Waals surface area contributed by atoms with Gasteiger partial charge in [0.15, 0.2) is 0 Å². The average molecular weight is 438 g/mol. The molecule has 0 aromatic heterocycles. The van der Waals surface area contributed by atoms with Crippen LogP contribution in [0.5, 0.6) is 5.75 Å². The highest BCUT2D eigenvalue weighted by Gasteiger charge is 2.35. The third kappa shape index (κ3) is 4.85. The molecule has 0 saturated heterocycles. The molecule has 32 heavy (non-hydrogen) atoms.